The average molecular weight is 265 g/mol. The van der Waals surface area contributed by atoms with Gasteiger partial charge in [0.1, 0.15) is 5.82 Å². The summed E-state index contributed by atoms with van der Waals surface area (Å²) >= 11 is 0. The van der Waals surface area contributed by atoms with Gasteiger partial charge in [-0.25, -0.2) is 4.39 Å². The average Bonchev–Trinajstić information content (AvgIpc) is 2.38. The molecule has 0 spiro atoms. The van der Waals surface area contributed by atoms with Crippen LogP contribution in [0, 0.1) is 12.7 Å². The zero-order valence-corrected chi connectivity index (χ0v) is 12.1. The van der Waals surface area contributed by atoms with Gasteiger partial charge in [0, 0.05) is 38.8 Å². The van der Waals surface area contributed by atoms with Crippen LogP contribution in [0.15, 0.2) is 18.2 Å². The summed E-state index contributed by atoms with van der Waals surface area (Å²) in [6, 6.07) is 5.52. The molecule has 1 atom stereocenters. The minimum atomic E-state index is -0.156. The number of nitrogens with zero attached hydrogens (tertiary/aromatic N) is 2. The summed E-state index contributed by atoms with van der Waals surface area (Å²) < 4.78 is 13.2. The first-order valence-electron chi connectivity index (χ1n) is 6.91. The van der Waals surface area contributed by atoms with E-state index in [0.717, 1.165) is 43.9 Å². The number of nitrogens with one attached hydrogen (secondary N) is 1. The Labute approximate surface area is 115 Å². The molecule has 19 heavy (non-hydrogen) atoms. The summed E-state index contributed by atoms with van der Waals surface area (Å²) in [4.78, 5) is 4.76. The van der Waals surface area contributed by atoms with Crippen LogP contribution < -0.4 is 5.32 Å². The van der Waals surface area contributed by atoms with E-state index < -0.39 is 0 Å². The van der Waals surface area contributed by atoms with Gasteiger partial charge in [-0.1, -0.05) is 6.07 Å². The molecule has 1 aromatic carbocycles. The van der Waals surface area contributed by atoms with Crippen molar-refractivity contribution in [3.05, 3.63) is 35.1 Å². The van der Waals surface area contributed by atoms with Gasteiger partial charge in [-0.2, -0.15) is 0 Å². The molecule has 1 heterocycles. The van der Waals surface area contributed by atoms with Gasteiger partial charge in [-0.05, 0) is 44.3 Å². The van der Waals surface area contributed by atoms with E-state index in [1.165, 1.54) is 6.07 Å². The van der Waals surface area contributed by atoms with Crippen molar-refractivity contribution in [3.8, 4) is 0 Å². The molecule has 0 unspecified atom stereocenters. The van der Waals surface area contributed by atoms with Crippen LogP contribution >= 0.6 is 0 Å². The Balaban J connectivity index is 1.84. The molecular weight excluding hydrogens is 241 g/mol. The molecular formula is C15H24FN3. The van der Waals surface area contributed by atoms with Crippen molar-refractivity contribution < 1.29 is 4.39 Å². The van der Waals surface area contributed by atoms with E-state index in [1.807, 2.05) is 13.0 Å². The lowest BCUT2D eigenvalue weighted by molar-refractivity contribution is 0.113. The monoisotopic (exact) mass is 265 g/mol. The highest BCUT2D eigenvalue weighted by Gasteiger charge is 2.21. The number of benzene rings is 1. The fourth-order valence-corrected chi connectivity index (χ4v) is 2.53. The summed E-state index contributed by atoms with van der Waals surface area (Å²) in [7, 11) is 4.34. The van der Waals surface area contributed by atoms with Crippen LogP contribution in [0.1, 0.15) is 11.1 Å². The zero-order valence-electron chi connectivity index (χ0n) is 12.1. The Kier molecular flexibility index (Phi) is 4.91. The molecule has 1 fully saturated rings. The van der Waals surface area contributed by atoms with Gasteiger partial charge < -0.3 is 10.2 Å². The maximum absolute atomic E-state index is 13.2. The standard InChI is InChI=1S/C15H24FN3/c1-12-4-5-14(16)8-13(12)9-17-10-15-11-18(2)6-7-19(15)3/h4-5,8,15,17H,6-7,9-11H2,1-3H3/t15-/m0/s1. The Morgan fingerprint density at radius 2 is 2.11 bits per heavy atom. The largest absolute Gasteiger partial charge is 0.311 e. The fourth-order valence-electron chi connectivity index (χ4n) is 2.53. The maximum atomic E-state index is 13.2. The van der Waals surface area contributed by atoms with Crippen molar-refractivity contribution >= 4 is 0 Å². The molecule has 0 aliphatic carbocycles. The second-order valence-electron chi connectivity index (χ2n) is 5.60. The SMILES string of the molecule is Cc1ccc(F)cc1CNC[C@H]1CN(C)CCN1C. The number of likely N-dealkylation sites (N-methyl/N-ethyl adjacent to an activating group) is 2. The number of halogens is 1. The first-order valence-corrected chi connectivity index (χ1v) is 6.91. The third-order valence-electron chi connectivity index (χ3n) is 3.99. The second kappa shape index (κ2) is 6.46. The molecule has 1 N–H and O–H groups in total. The van der Waals surface area contributed by atoms with Gasteiger partial charge in [-0.15, -0.1) is 0 Å². The van der Waals surface area contributed by atoms with E-state index in [2.05, 4.69) is 29.2 Å². The van der Waals surface area contributed by atoms with Crippen LogP contribution in [-0.4, -0.2) is 56.1 Å². The van der Waals surface area contributed by atoms with Crippen LogP contribution in [0.25, 0.3) is 0 Å². The van der Waals surface area contributed by atoms with E-state index in [9.17, 15) is 4.39 Å². The molecule has 3 nitrogen and oxygen atoms in total. The maximum Gasteiger partial charge on any atom is 0.123 e. The lowest BCUT2D eigenvalue weighted by Crippen LogP contribution is -2.53. The van der Waals surface area contributed by atoms with Crippen molar-refractivity contribution in [2.75, 3.05) is 40.3 Å². The number of piperazine rings is 1. The van der Waals surface area contributed by atoms with Crippen molar-refractivity contribution in [1.82, 2.24) is 15.1 Å². The summed E-state index contributed by atoms with van der Waals surface area (Å²) in [5.41, 5.74) is 2.19. The molecule has 1 saturated heterocycles. The van der Waals surface area contributed by atoms with E-state index in [0.29, 0.717) is 6.04 Å². The molecule has 2 rings (SSSR count). The molecule has 4 heteroatoms. The van der Waals surface area contributed by atoms with Crippen molar-refractivity contribution in [2.45, 2.75) is 19.5 Å². The van der Waals surface area contributed by atoms with Gasteiger partial charge in [0.2, 0.25) is 0 Å². The van der Waals surface area contributed by atoms with Crippen LogP contribution in [0.5, 0.6) is 0 Å². The highest BCUT2D eigenvalue weighted by atomic mass is 19.1. The normalized spacial score (nSPS) is 21.8. The smallest absolute Gasteiger partial charge is 0.123 e. The van der Waals surface area contributed by atoms with Gasteiger partial charge in [0.05, 0.1) is 0 Å². The minimum absolute atomic E-state index is 0.156. The Morgan fingerprint density at radius 3 is 2.89 bits per heavy atom. The van der Waals surface area contributed by atoms with Gasteiger partial charge in [0.15, 0.2) is 0 Å². The lowest BCUT2D eigenvalue weighted by Gasteiger charge is -2.37. The van der Waals surface area contributed by atoms with Gasteiger partial charge in [0.25, 0.3) is 0 Å². The quantitative estimate of drug-likeness (QED) is 0.889. The Bertz CT molecular complexity index is 422. The molecule has 0 radical (unpaired) electrons. The van der Waals surface area contributed by atoms with Gasteiger partial charge in [-0.3, -0.25) is 4.90 Å². The van der Waals surface area contributed by atoms with E-state index in [-0.39, 0.29) is 5.82 Å². The lowest BCUT2D eigenvalue weighted by atomic mass is 10.1. The number of aryl methyl sites for hydroxylation is 1. The van der Waals surface area contributed by atoms with Crippen LogP contribution in [0.4, 0.5) is 4.39 Å². The Hall–Kier alpha value is -0.970. The van der Waals surface area contributed by atoms with Crippen molar-refractivity contribution in [2.24, 2.45) is 0 Å². The predicted octanol–water partition coefficient (Wildman–Crippen LogP) is 1.47. The van der Waals surface area contributed by atoms with E-state index >= 15 is 0 Å². The van der Waals surface area contributed by atoms with Crippen LogP contribution in [0.3, 0.4) is 0 Å². The summed E-state index contributed by atoms with van der Waals surface area (Å²) in [5, 5.41) is 3.46. The molecule has 0 aromatic heterocycles. The molecule has 1 aliphatic heterocycles. The van der Waals surface area contributed by atoms with Crippen molar-refractivity contribution in [1.29, 1.82) is 0 Å². The highest BCUT2D eigenvalue weighted by Crippen LogP contribution is 2.10. The summed E-state index contributed by atoms with van der Waals surface area (Å²) in [6.45, 7) is 7.04. The van der Waals surface area contributed by atoms with Crippen molar-refractivity contribution in [3.63, 3.8) is 0 Å². The molecule has 0 saturated carbocycles. The van der Waals surface area contributed by atoms with E-state index in [4.69, 9.17) is 0 Å². The minimum Gasteiger partial charge on any atom is -0.311 e. The van der Waals surface area contributed by atoms with E-state index in [1.54, 1.807) is 6.07 Å². The third-order valence-corrected chi connectivity index (χ3v) is 3.99. The third kappa shape index (κ3) is 4.00. The highest BCUT2D eigenvalue weighted by molar-refractivity contribution is 5.26. The zero-order chi connectivity index (χ0) is 13.8. The first kappa shape index (κ1) is 14.4. The summed E-state index contributed by atoms with van der Waals surface area (Å²) in [5.74, 6) is -0.156. The molecule has 106 valence electrons. The fraction of sp³-hybridized carbons (Fsp3) is 0.600. The van der Waals surface area contributed by atoms with Crippen LogP contribution in [0.2, 0.25) is 0 Å². The van der Waals surface area contributed by atoms with Gasteiger partial charge >= 0.3 is 0 Å². The summed E-state index contributed by atoms with van der Waals surface area (Å²) in [6.07, 6.45) is 0. The molecule has 1 aliphatic rings. The van der Waals surface area contributed by atoms with Crippen LogP contribution in [-0.2, 0) is 6.54 Å². The molecule has 1 aromatic rings. The molecule has 0 amide bonds. The number of hydrogen-bond acceptors (Lipinski definition) is 3. The number of rotatable bonds is 4. The topological polar surface area (TPSA) is 18.5 Å². The Morgan fingerprint density at radius 1 is 1.32 bits per heavy atom. The number of hydrogen-bond donors (Lipinski definition) is 1. The second-order valence-corrected chi connectivity index (χ2v) is 5.60. The first-order chi connectivity index (χ1) is 9.06. The molecule has 0 bridgehead atoms. The predicted molar refractivity (Wildman–Crippen MR) is 76.8 cm³/mol.